The van der Waals surface area contributed by atoms with Crippen LogP contribution in [0.1, 0.15) is 47.6 Å². The van der Waals surface area contributed by atoms with Crippen LogP contribution in [0.5, 0.6) is 0 Å². The normalized spacial score (nSPS) is 18.9. The lowest BCUT2D eigenvalue weighted by molar-refractivity contribution is 0.00398. The van der Waals surface area contributed by atoms with E-state index >= 15 is 0 Å². The smallest absolute Gasteiger partial charge is 0.182 e. The Bertz CT molecular complexity index is 1320. The minimum Gasteiger partial charge on any atom is -0.373 e. The molecule has 1 saturated heterocycles. The predicted octanol–water partition coefficient (Wildman–Crippen LogP) is 4.86. The molecule has 0 N–H and O–H groups in total. The van der Waals surface area contributed by atoms with E-state index in [4.69, 9.17) is 26.3 Å². The van der Waals surface area contributed by atoms with Crippen molar-refractivity contribution in [1.82, 2.24) is 29.7 Å². The molecule has 164 valence electrons. The Hall–Kier alpha value is -2.97. The van der Waals surface area contributed by atoms with Gasteiger partial charge in [0.2, 0.25) is 0 Å². The maximum Gasteiger partial charge on any atom is 0.182 e. The highest BCUT2D eigenvalue weighted by Crippen LogP contribution is 2.38. The fourth-order valence-electron chi connectivity index (χ4n) is 4.05. The molecule has 0 radical (unpaired) electrons. The fourth-order valence-corrected chi connectivity index (χ4v) is 4.21. The van der Waals surface area contributed by atoms with Crippen LogP contribution in [-0.2, 0) is 11.8 Å². The number of nitrogens with zero attached hydrogens (tertiary/aromatic N) is 6. The Kier molecular flexibility index (Phi) is 5.35. The van der Waals surface area contributed by atoms with Crippen molar-refractivity contribution in [2.45, 2.75) is 38.7 Å². The minimum absolute atomic E-state index is 0.0378. The van der Waals surface area contributed by atoms with Gasteiger partial charge in [0, 0.05) is 41.9 Å². The zero-order valence-corrected chi connectivity index (χ0v) is 18.8. The minimum atomic E-state index is -0.455. The van der Waals surface area contributed by atoms with Gasteiger partial charge in [-0.2, -0.15) is 5.10 Å². The molecule has 4 aromatic rings. The Labute approximate surface area is 189 Å². The van der Waals surface area contributed by atoms with Gasteiger partial charge in [-0.05, 0) is 44.9 Å². The van der Waals surface area contributed by atoms with Gasteiger partial charge < -0.3 is 4.74 Å². The molecule has 3 aromatic heterocycles. The van der Waals surface area contributed by atoms with E-state index in [1.54, 1.807) is 16.8 Å². The first-order chi connectivity index (χ1) is 15.4. The van der Waals surface area contributed by atoms with Crippen LogP contribution < -0.4 is 0 Å². The van der Waals surface area contributed by atoms with Crippen molar-refractivity contribution in [3.63, 3.8) is 0 Å². The van der Waals surface area contributed by atoms with Crippen LogP contribution in [-0.4, -0.2) is 36.3 Å². The van der Waals surface area contributed by atoms with Gasteiger partial charge in [0.15, 0.2) is 5.65 Å². The molecule has 0 saturated carbocycles. The van der Waals surface area contributed by atoms with E-state index < -0.39 is 5.82 Å². The summed E-state index contributed by atoms with van der Waals surface area (Å²) in [7, 11) is 1.88. The summed E-state index contributed by atoms with van der Waals surface area (Å²) in [6.45, 7) is 4.34. The molecule has 0 spiro atoms. The first kappa shape index (κ1) is 20.9. The lowest BCUT2D eigenvalue weighted by Gasteiger charge is -2.28. The maximum absolute atomic E-state index is 14.9. The number of hydrogen-bond donors (Lipinski definition) is 0. The third-order valence-corrected chi connectivity index (χ3v) is 6.13. The number of fused-ring (bicyclic) bond motifs is 1. The highest BCUT2D eigenvalue weighted by atomic mass is 35.5. The summed E-state index contributed by atoms with van der Waals surface area (Å²) < 4.78 is 22.6. The van der Waals surface area contributed by atoms with Gasteiger partial charge in [0.1, 0.15) is 22.9 Å². The van der Waals surface area contributed by atoms with Crippen molar-refractivity contribution in [2.24, 2.45) is 7.05 Å². The second-order valence-corrected chi connectivity index (χ2v) is 8.59. The summed E-state index contributed by atoms with van der Waals surface area (Å²) >= 11 is 5.98. The summed E-state index contributed by atoms with van der Waals surface area (Å²) in [6.07, 6.45) is 5.16. The molecule has 7 nitrogen and oxygen atoms in total. The number of ether oxygens (including phenoxy) is 1. The topological polar surface area (TPSA) is 78.6 Å². The van der Waals surface area contributed by atoms with Gasteiger partial charge in [-0.15, -0.1) is 0 Å². The highest BCUT2D eigenvalue weighted by molar-refractivity contribution is 6.30. The first-order valence-corrected chi connectivity index (χ1v) is 10.9. The first-order valence-electron chi connectivity index (χ1n) is 10.5. The van der Waals surface area contributed by atoms with Crippen LogP contribution in [0, 0.1) is 19.7 Å². The van der Waals surface area contributed by atoms with E-state index in [0.717, 1.165) is 23.4 Å². The van der Waals surface area contributed by atoms with E-state index in [1.165, 1.54) is 6.07 Å². The molecule has 2 atom stereocenters. The molecule has 4 heterocycles. The van der Waals surface area contributed by atoms with Crippen molar-refractivity contribution >= 4 is 22.8 Å². The summed E-state index contributed by atoms with van der Waals surface area (Å²) in [5.41, 5.74) is 4.27. The van der Waals surface area contributed by atoms with Crippen LogP contribution in [0.2, 0.25) is 5.02 Å². The van der Waals surface area contributed by atoms with Crippen LogP contribution in [0.4, 0.5) is 4.39 Å². The van der Waals surface area contributed by atoms with E-state index in [0.29, 0.717) is 46.3 Å². The predicted molar refractivity (Wildman–Crippen MR) is 119 cm³/mol. The molecule has 1 fully saturated rings. The lowest BCUT2D eigenvalue weighted by atomic mass is 9.92. The molecule has 1 aliphatic rings. The number of benzene rings is 1. The standard InChI is InChI=1S/C23H22ClFN6O/c1-12-13(2)28-23-21(27-12)20(17-5-4-16(24)9-18(17)25)29-22(30-23)14-6-7-32-19(8-14)15-10-26-31(3)11-15/h4-5,9-11,14,19H,6-8H2,1-3H3/t14-,19-/m1/s1. The summed E-state index contributed by atoms with van der Waals surface area (Å²) in [6, 6.07) is 4.56. The van der Waals surface area contributed by atoms with Crippen molar-refractivity contribution in [2.75, 3.05) is 6.61 Å². The summed E-state index contributed by atoms with van der Waals surface area (Å²) in [5.74, 6) is 0.205. The second-order valence-electron chi connectivity index (χ2n) is 8.15. The molecular formula is C23H22ClFN6O. The van der Waals surface area contributed by atoms with Gasteiger partial charge in [0.05, 0.1) is 23.7 Å². The van der Waals surface area contributed by atoms with E-state index in [9.17, 15) is 4.39 Å². The lowest BCUT2D eigenvalue weighted by Crippen LogP contribution is -2.20. The largest absolute Gasteiger partial charge is 0.373 e. The van der Waals surface area contributed by atoms with Crippen LogP contribution in [0.25, 0.3) is 22.4 Å². The third-order valence-electron chi connectivity index (χ3n) is 5.89. The average molecular weight is 453 g/mol. The Balaban J connectivity index is 1.62. The number of aromatic nitrogens is 6. The van der Waals surface area contributed by atoms with Crippen LogP contribution in [0.3, 0.4) is 0 Å². The zero-order valence-electron chi connectivity index (χ0n) is 18.0. The molecule has 9 heteroatoms. The molecule has 0 aliphatic carbocycles. The molecule has 0 unspecified atom stereocenters. The number of hydrogen-bond acceptors (Lipinski definition) is 6. The fraction of sp³-hybridized carbons (Fsp3) is 0.348. The van der Waals surface area contributed by atoms with E-state index in [1.807, 2.05) is 33.3 Å². The molecular weight excluding hydrogens is 431 g/mol. The molecule has 0 bridgehead atoms. The zero-order chi connectivity index (χ0) is 22.4. The highest BCUT2D eigenvalue weighted by Gasteiger charge is 2.29. The molecule has 0 amide bonds. The van der Waals surface area contributed by atoms with Gasteiger partial charge >= 0.3 is 0 Å². The Morgan fingerprint density at radius 2 is 1.94 bits per heavy atom. The van der Waals surface area contributed by atoms with Gasteiger partial charge in [0.25, 0.3) is 0 Å². The van der Waals surface area contributed by atoms with Crippen molar-refractivity contribution in [1.29, 1.82) is 0 Å². The van der Waals surface area contributed by atoms with Crippen molar-refractivity contribution < 1.29 is 9.13 Å². The Morgan fingerprint density at radius 3 is 2.69 bits per heavy atom. The molecule has 32 heavy (non-hydrogen) atoms. The molecule has 1 aliphatic heterocycles. The summed E-state index contributed by atoms with van der Waals surface area (Å²) in [5, 5.41) is 4.58. The Morgan fingerprint density at radius 1 is 1.12 bits per heavy atom. The van der Waals surface area contributed by atoms with Crippen molar-refractivity contribution in [3.8, 4) is 11.3 Å². The van der Waals surface area contributed by atoms with Gasteiger partial charge in [-0.3, -0.25) is 4.68 Å². The summed E-state index contributed by atoms with van der Waals surface area (Å²) in [4.78, 5) is 18.9. The molecule has 5 rings (SSSR count). The number of rotatable bonds is 3. The maximum atomic E-state index is 14.9. The van der Waals surface area contributed by atoms with Crippen LogP contribution >= 0.6 is 11.6 Å². The second kappa shape index (κ2) is 8.18. The van der Waals surface area contributed by atoms with Gasteiger partial charge in [-0.25, -0.2) is 24.3 Å². The average Bonchev–Trinajstić information content (AvgIpc) is 3.21. The third kappa shape index (κ3) is 3.84. The molecule has 1 aromatic carbocycles. The van der Waals surface area contributed by atoms with Crippen LogP contribution in [0.15, 0.2) is 30.6 Å². The monoisotopic (exact) mass is 452 g/mol. The number of aryl methyl sites for hydroxylation is 3. The van der Waals surface area contributed by atoms with E-state index in [2.05, 4.69) is 15.1 Å². The number of halogens is 2. The van der Waals surface area contributed by atoms with E-state index in [-0.39, 0.29) is 12.0 Å². The quantitative estimate of drug-likeness (QED) is 0.441. The van der Waals surface area contributed by atoms with Gasteiger partial charge in [-0.1, -0.05) is 11.6 Å². The van der Waals surface area contributed by atoms with Crippen molar-refractivity contribution in [3.05, 3.63) is 64.2 Å². The SMILES string of the molecule is Cc1nc2nc([C@@H]3CCO[C@@H](c4cnn(C)c4)C3)nc(-c3ccc(Cl)cc3F)c2nc1C.